The molecule has 0 spiro atoms. The van der Waals surface area contributed by atoms with Gasteiger partial charge >= 0.3 is 0 Å². The Kier molecular flexibility index (Phi) is 4.81. The molecule has 2 aromatic carbocycles. The maximum absolute atomic E-state index is 12.9. The first kappa shape index (κ1) is 17.5. The zero-order valence-corrected chi connectivity index (χ0v) is 15.3. The lowest BCUT2D eigenvalue weighted by molar-refractivity contribution is -0.117. The van der Waals surface area contributed by atoms with Crippen LogP contribution in [0.5, 0.6) is 0 Å². The van der Waals surface area contributed by atoms with Gasteiger partial charge in [-0.15, -0.1) is 0 Å². The third kappa shape index (κ3) is 3.85. The Morgan fingerprint density at radius 3 is 2.48 bits per heavy atom. The van der Waals surface area contributed by atoms with Crippen molar-refractivity contribution in [1.29, 1.82) is 0 Å². The monoisotopic (exact) mass is 358 g/mol. The van der Waals surface area contributed by atoms with Crippen molar-refractivity contribution in [3.8, 4) is 0 Å². The number of aryl methyl sites for hydroxylation is 2. The van der Waals surface area contributed by atoms with Crippen LogP contribution < -0.4 is 9.21 Å². The van der Waals surface area contributed by atoms with Gasteiger partial charge in [0, 0.05) is 12.2 Å². The van der Waals surface area contributed by atoms with Crippen molar-refractivity contribution in [2.45, 2.75) is 19.8 Å². The molecule has 1 aliphatic heterocycles. The van der Waals surface area contributed by atoms with Gasteiger partial charge in [0.25, 0.3) is 0 Å². The predicted octanol–water partition coefficient (Wildman–Crippen LogP) is 2.74. The Labute approximate surface area is 148 Å². The molecule has 2 aromatic rings. The molecule has 0 atom stereocenters. The van der Waals surface area contributed by atoms with Gasteiger partial charge in [-0.05, 0) is 43.5 Å². The minimum absolute atomic E-state index is 0.198. The average molecular weight is 358 g/mol. The van der Waals surface area contributed by atoms with Crippen molar-refractivity contribution in [1.82, 2.24) is 0 Å². The third-order valence-corrected chi connectivity index (χ3v) is 5.55. The first-order valence-corrected chi connectivity index (χ1v) is 10.1. The molecule has 0 aliphatic carbocycles. The first-order chi connectivity index (χ1) is 11.9. The lowest BCUT2D eigenvalue weighted by Gasteiger charge is -2.31. The Balaban J connectivity index is 1.88. The quantitative estimate of drug-likeness (QED) is 0.844. The van der Waals surface area contributed by atoms with Crippen LogP contribution in [0.2, 0.25) is 0 Å². The molecule has 0 fully saturated rings. The zero-order valence-electron chi connectivity index (χ0n) is 14.5. The largest absolute Gasteiger partial charge is 0.311 e. The van der Waals surface area contributed by atoms with E-state index < -0.39 is 10.0 Å². The van der Waals surface area contributed by atoms with Crippen molar-refractivity contribution >= 4 is 27.3 Å². The summed E-state index contributed by atoms with van der Waals surface area (Å²) in [5.41, 5.74) is 3.56. The number of sulfonamides is 1. The minimum Gasteiger partial charge on any atom is -0.311 e. The number of anilines is 2. The number of nitrogens with zero attached hydrogens (tertiary/aromatic N) is 2. The standard InChI is InChI=1S/C19H22N2O3S/c1-15-9-11-17(12-10-15)21(25(2,23)24)14-19(22)20-13-5-7-16-6-3-4-8-18(16)20/h3-4,6,8-12H,5,7,13-14H2,1-2H3. The summed E-state index contributed by atoms with van der Waals surface area (Å²) >= 11 is 0. The highest BCUT2D eigenvalue weighted by atomic mass is 32.2. The van der Waals surface area contributed by atoms with Crippen LogP contribution in [0, 0.1) is 6.92 Å². The fourth-order valence-corrected chi connectivity index (χ4v) is 3.96. The second kappa shape index (κ2) is 6.88. The van der Waals surface area contributed by atoms with Gasteiger partial charge in [0.2, 0.25) is 15.9 Å². The lowest BCUT2D eigenvalue weighted by atomic mass is 10.0. The summed E-state index contributed by atoms with van der Waals surface area (Å²) in [6.45, 7) is 2.35. The van der Waals surface area contributed by atoms with Gasteiger partial charge in [-0.1, -0.05) is 35.9 Å². The van der Waals surface area contributed by atoms with Crippen LogP contribution in [0.3, 0.4) is 0 Å². The molecule has 5 nitrogen and oxygen atoms in total. The summed E-state index contributed by atoms with van der Waals surface area (Å²) in [5, 5.41) is 0. The predicted molar refractivity (Wildman–Crippen MR) is 100 cm³/mol. The Hall–Kier alpha value is -2.34. The van der Waals surface area contributed by atoms with Crippen LogP contribution in [-0.2, 0) is 21.2 Å². The molecule has 1 heterocycles. The summed E-state index contributed by atoms with van der Waals surface area (Å²) in [6, 6.07) is 14.9. The fraction of sp³-hybridized carbons (Fsp3) is 0.316. The van der Waals surface area contributed by atoms with Crippen molar-refractivity contribution in [3.63, 3.8) is 0 Å². The van der Waals surface area contributed by atoms with Gasteiger partial charge in [0.15, 0.2) is 0 Å². The fourth-order valence-electron chi connectivity index (χ4n) is 3.11. The Morgan fingerprint density at radius 1 is 1.12 bits per heavy atom. The molecule has 0 bridgehead atoms. The first-order valence-electron chi connectivity index (χ1n) is 8.29. The SMILES string of the molecule is Cc1ccc(N(CC(=O)N2CCCc3ccccc32)S(C)(=O)=O)cc1. The van der Waals surface area contributed by atoms with E-state index in [9.17, 15) is 13.2 Å². The number of hydrogen-bond donors (Lipinski definition) is 0. The molecule has 132 valence electrons. The third-order valence-electron chi connectivity index (χ3n) is 4.41. The molecule has 0 saturated carbocycles. The van der Waals surface area contributed by atoms with Gasteiger partial charge in [-0.3, -0.25) is 9.10 Å². The van der Waals surface area contributed by atoms with Crippen LogP contribution >= 0.6 is 0 Å². The average Bonchev–Trinajstić information content (AvgIpc) is 2.59. The van der Waals surface area contributed by atoms with Crippen molar-refractivity contribution in [3.05, 3.63) is 59.7 Å². The maximum atomic E-state index is 12.9. The number of benzene rings is 2. The number of carbonyl (C=O) groups excluding carboxylic acids is 1. The van der Waals surface area contributed by atoms with E-state index in [1.165, 1.54) is 4.31 Å². The van der Waals surface area contributed by atoms with Gasteiger partial charge in [-0.2, -0.15) is 0 Å². The van der Waals surface area contributed by atoms with Gasteiger partial charge in [0.1, 0.15) is 6.54 Å². The van der Waals surface area contributed by atoms with Gasteiger partial charge in [0.05, 0.1) is 11.9 Å². The van der Waals surface area contributed by atoms with Crippen LogP contribution in [0.4, 0.5) is 11.4 Å². The number of rotatable bonds is 4. The number of amides is 1. The highest BCUT2D eigenvalue weighted by molar-refractivity contribution is 7.92. The van der Waals surface area contributed by atoms with Crippen LogP contribution in [-0.4, -0.2) is 33.7 Å². The molecule has 1 amide bonds. The summed E-state index contributed by atoms with van der Waals surface area (Å²) < 4.78 is 25.6. The summed E-state index contributed by atoms with van der Waals surface area (Å²) in [4.78, 5) is 14.6. The number of hydrogen-bond acceptors (Lipinski definition) is 3. The van der Waals surface area contributed by atoms with Gasteiger partial charge in [-0.25, -0.2) is 8.42 Å². The van der Waals surface area contributed by atoms with Crippen molar-refractivity contribution in [2.24, 2.45) is 0 Å². The van der Waals surface area contributed by atoms with Crippen molar-refractivity contribution < 1.29 is 13.2 Å². The van der Waals surface area contributed by atoms with Crippen molar-refractivity contribution in [2.75, 3.05) is 28.6 Å². The number of fused-ring (bicyclic) bond motifs is 1. The summed E-state index contributed by atoms with van der Waals surface area (Å²) in [5.74, 6) is -0.210. The van der Waals surface area contributed by atoms with E-state index in [-0.39, 0.29) is 12.5 Å². The molecule has 0 unspecified atom stereocenters. The molecule has 1 aliphatic rings. The van der Waals surface area contributed by atoms with E-state index in [1.54, 1.807) is 17.0 Å². The molecule has 6 heteroatoms. The smallest absolute Gasteiger partial charge is 0.247 e. The molecular weight excluding hydrogens is 336 g/mol. The van der Waals surface area contributed by atoms with Crippen LogP contribution in [0.25, 0.3) is 0 Å². The molecule has 0 radical (unpaired) electrons. The second-order valence-electron chi connectivity index (χ2n) is 6.38. The Morgan fingerprint density at radius 2 is 1.80 bits per heavy atom. The number of para-hydroxylation sites is 1. The van der Waals surface area contributed by atoms with Gasteiger partial charge < -0.3 is 4.90 Å². The van der Waals surface area contributed by atoms with E-state index in [1.807, 2.05) is 43.3 Å². The van der Waals surface area contributed by atoms with E-state index in [4.69, 9.17) is 0 Å². The second-order valence-corrected chi connectivity index (χ2v) is 8.29. The maximum Gasteiger partial charge on any atom is 0.247 e. The molecule has 3 rings (SSSR count). The van der Waals surface area contributed by atoms with E-state index in [2.05, 4.69) is 0 Å². The van der Waals surface area contributed by atoms with E-state index in [0.717, 1.165) is 35.9 Å². The molecule has 0 N–H and O–H groups in total. The van der Waals surface area contributed by atoms with Crippen LogP contribution in [0.15, 0.2) is 48.5 Å². The summed E-state index contributed by atoms with van der Waals surface area (Å²) in [6.07, 6.45) is 2.95. The van der Waals surface area contributed by atoms with E-state index >= 15 is 0 Å². The molecule has 0 aromatic heterocycles. The molecular formula is C19H22N2O3S. The Bertz CT molecular complexity index is 876. The van der Waals surface area contributed by atoms with E-state index in [0.29, 0.717) is 12.2 Å². The van der Waals surface area contributed by atoms with Crippen LogP contribution in [0.1, 0.15) is 17.5 Å². The molecule has 25 heavy (non-hydrogen) atoms. The normalized spacial score (nSPS) is 14.1. The summed E-state index contributed by atoms with van der Waals surface area (Å²) in [7, 11) is -3.56. The number of carbonyl (C=O) groups is 1. The topological polar surface area (TPSA) is 57.7 Å². The zero-order chi connectivity index (χ0) is 18.0. The highest BCUT2D eigenvalue weighted by Crippen LogP contribution is 2.27. The highest BCUT2D eigenvalue weighted by Gasteiger charge is 2.27. The molecule has 0 saturated heterocycles. The minimum atomic E-state index is -3.56. The lowest BCUT2D eigenvalue weighted by Crippen LogP contribution is -2.44.